The van der Waals surface area contributed by atoms with Crippen molar-refractivity contribution in [2.24, 2.45) is 5.92 Å². The Morgan fingerprint density at radius 2 is 2.19 bits per heavy atom. The van der Waals surface area contributed by atoms with Crippen LogP contribution >= 0.6 is 15.9 Å². The van der Waals surface area contributed by atoms with Crippen LogP contribution in [0.4, 0.5) is 0 Å². The third-order valence-corrected chi connectivity index (χ3v) is 3.22. The second-order valence-corrected chi connectivity index (χ2v) is 4.80. The molecule has 4 heteroatoms. The van der Waals surface area contributed by atoms with E-state index >= 15 is 0 Å². The lowest BCUT2D eigenvalue weighted by Crippen LogP contribution is -2.38. The van der Waals surface area contributed by atoms with Crippen LogP contribution in [0.2, 0.25) is 0 Å². The Bertz CT molecular complexity index is 386. The van der Waals surface area contributed by atoms with Gasteiger partial charge in [0.25, 0.3) is 0 Å². The summed E-state index contributed by atoms with van der Waals surface area (Å²) in [6.07, 6.45) is 1.64. The zero-order valence-electron chi connectivity index (χ0n) is 8.98. The average molecular weight is 285 g/mol. The number of hydrogen-bond donors (Lipinski definition) is 0. The van der Waals surface area contributed by atoms with Crippen LogP contribution in [0.15, 0.2) is 28.7 Å². The monoisotopic (exact) mass is 284 g/mol. The lowest BCUT2D eigenvalue weighted by atomic mass is 9.82. The van der Waals surface area contributed by atoms with Crippen LogP contribution in [0.3, 0.4) is 0 Å². The minimum atomic E-state index is -0.130. The van der Waals surface area contributed by atoms with Crippen molar-refractivity contribution in [3.05, 3.63) is 28.7 Å². The zero-order valence-corrected chi connectivity index (χ0v) is 10.6. The second-order valence-electron chi connectivity index (χ2n) is 3.89. The first-order chi connectivity index (χ1) is 7.69. The maximum Gasteiger partial charge on any atom is 0.308 e. The molecular formula is C12H13BrO3. The molecule has 0 radical (unpaired) electrons. The summed E-state index contributed by atoms with van der Waals surface area (Å²) >= 11 is 3.38. The van der Waals surface area contributed by atoms with Crippen LogP contribution in [0.5, 0.6) is 5.75 Å². The van der Waals surface area contributed by atoms with Gasteiger partial charge in [-0.2, -0.15) is 0 Å². The predicted octanol–water partition coefficient (Wildman–Crippen LogP) is 2.78. The number of benzene rings is 1. The molecule has 3 nitrogen and oxygen atoms in total. The van der Waals surface area contributed by atoms with Gasteiger partial charge in [0.15, 0.2) is 0 Å². The molecule has 0 N–H and O–H groups in total. The smallest absolute Gasteiger partial charge is 0.308 e. The van der Waals surface area contributed by atoms with Crippen LogP contribution in [0.25, 0.3) is 0 Å². The van der Waals surface area contributed by atoms with Gasteiger partial charge in [0.1, 0.15) is 11.9 Å². The van der Waals surface area contributed by atoms with Crippen molar-refractivity contribution in [2.45, 2.75) is 18.9 Å². The zero-order chi connectivity index (χ0) is 11.5. The van der Waals surface area contributed by atoms with Crippen LogP contribution in [0, 0.1) is 5.92 Å². The molecule has 16 heavy (non-hydrogen) atoms. The van der Waals surface area contributed by atoms with Crippen LogP contribution < -0.4 is 4.74 Å². The maximum absolute atomic E-state index is 11.2. The maximum atomic E-state index is 11.2. The van der Waals surface area contributed by atoms with E-state index in [9.17, 15) is 4.79 Å². The molecule has 0 heterocycles. The largest absolute Gasteiger partial charge is 0.490 e. The van der Waals surface area contributed by atoms with Gasteiger partial charge in [-0.25, -0.2) is 0 Å². The minimum Gasteiger partial charge on any atom is -0.490 e. The van der Waals surface area contributed by atoms with E-state index in [4.69, 9.17) is 4.74 Å². The fourth-order valence-corrected chi connectivity index (χ4v) is 2.13. The normalized spacial score (nSPS) is 23.4. The summed E-state index contributed by atoms with van der Waals surface area (Å²) in [5, 5.41) is 0. The summed E-state index contributed by atoms with van der Waals surface area (Å²) in [5.41, 5.74) is 0. The number of rotatable bonds is 3. The Morgan fingerprint density at radius 3 is 2.81 bits per heavy atom. The molecule has 1 fully saturated rings. The van der Waals surface area contributed by atoms with E-state index in [-0.39, 0.29) is 18.0 Å². The van der Waals surface area contributed by atoms with Crippen LogP contribution in [-0.2, 0) is 9.53 Å². The molecule has 0 bridgehead atoms. The van der Waals surface area contributed by atoms with Gasteiger partial charge in [-0.15, -0.1) is 0 Å². The lowest BCUT2D eigenvalue weighted by molar-refractivity contribution is -0.151. The highest BCUT2D eigenvalue weighted by Gasteiger charge is 2.36. The van der Waals surface area contributed by atoms with Gasteiger partial charge in [-0.1, -0.05) is 22.0 Å². The molecule has 86 valence electrons. The number of ether oxygens (including phenoxy) is 2. The number of esters is 1. The molecule has 0 unspecified atom stereocenters. The lowest BCUT2D eigenvalue weighted by Gasteiger charge is -2.33. The fourth-order valence-electron chi connectivity index (χ4n) is 1.75. The molecule has 1 aliphatic rings. The molecule has 0 aliphatic heterocycles. The van der Waals surface area contributed by atoms with Crippen molar-refractivity contribution in [3.63, 3.8) is 0 Å². The summed E-state index contributed by atoms with van der Waals surface area (Å²) in [4.78, 5) is 11.2. The van der Waals surface area contributed by atoms with Crippen molar-refractivity contribution >= 4 is 21.9 Å². The molecule has 1 aromatic rings. The average Bonchev–Trinajstić information content (AvgIpc) is 2.22. The molecule has 0 aromatic heterocycles. The number of methoxy groups -OCH3 is 1. The molecular weight excluding hydrogens is 272 g/mol. The molecule has 0 spiro atoms. The van der Waals surface area contributed by atoms with Crippen LogP contribution in [0.1, 0.15) is 12.8 Å². The predicted molar refractivity (Wildman–Crippen MR) is 63.3 cm³/mol. The summed E-state index contributed by atoms with van der Waals surface area (Å²) in [5.74, 6) is 0.721. The molecule has 0 saturated heterocycles. The Kier molecular flexibility index (Phi) is 3.49. The van der Waals surface area contributed by atoms with E-state index in [0.717, 1.165) is 23.1 Å². The van der Waals surface area contributed by atoms with Gasteiger partial charge in [-0.3, -0.25) is 4.79 Å². The van der Waals surface area contributed by atoms with Gasteiger partial charge in [-0.05, 0) is 31.0 Å². The van der Waals surface area contributed by atoms with Gasteiger partial charge in [0.2, 0.25) is 0 Å². The SMILES string of the molecule is COC(=O)[C@H]1C[C@H](Oc2cccc(Br)c2)C1. The Hall–Kier alpha value is -1.03. The summed E-state index contributed by atoms with van der Waals surface area (Å²) in [6, 6.07) is 7.71. The molecule has 0 atom stereocenters. The molecule has 2 rings (SSSR count). The fraction of sp³-hybridized carbons (Fsp3) is 0.417. The second kappa shape index (κ2) is 4.87. The summed E-state index contributed by atoms with van der Waals surface area (Å²) in [6.45, 7) is 0. The first-order valence-corrected chi connectivity index (χ1v) is 5.98. The van der Waals surface area contributed by atoms with E-state index in [1.54, 1.807) is 0 Å². The number of carbonyl (C=O) groups excluding carboxylic acids is 1. The standard InChI is InChI=1S/C12H13BrO3/c1-15-12(14)8-5-11(6-8)16-10-4-2-3-9(13)7-10/h2-4,7-8,11H,5-6H2,1H3/t8-,11-. The topological polar surface area (TPSA) is 35.5 Å². The molecule has 1 saturated carbocycles. The third-order valence-electron chi connectivity index (χ3n) is 2.73. The highest BCUT2D eigenvalue weighted by molar-refractivity contribution is 9.10. The van der Waals surface area contributed by atoms with Gasteiger partial charge < -0.3 is 9.47 Å². The molecule has 1 aromatic carbocycles. The first-order valence-electron chi connectivity index (χ1n) is 5.19. The van der Waals surface area contributed by atoms with Gasteiger partial charge >= 0.3 is 5.97 Å². The van der Waals surface area contributed by atoms with Crippen LogP contribution in [-0.4, -0.2) is 19.2 Å². The minimum absolute atomic E-state index is 0.0159. The first kappa shape index (κ1) is 11.5. The Morgan fingerprint density at radius 1 is 1.44 bits per heavy atom. The number of hydrogen-bond acceptors (Lipinski definition) is 3. The van der Waals surface area contributed by atoms with Crippen molar-refractivity contribution in [1.29, 1.82) is 0 Å². The summed E-state index contributed by atoms with van der Waals surface area (Å²) in [7, 11) is 1.42. The number of carbonyl (C=O) groups is 1. The van der Waals surface area contributed by atoms with E-state index < -0.39 is 0 Å². The van der Waals surface area contributed by atoms with Crippen molar-refractivity contribution in [3.8, 4) is 5.75 Å². The highest BCUT2D eigenvalue weighted by atomic mass is 79.9. The molecule has 1 aliphatic carbocycles. The van der Waals surface area contributed by atoms with E-state index in [1.807, 2.05) is 24.3 Å². The van der Waals surface area contributed by atoms with E-state index in [0.29, 0.717) is 0 Å². The Labute approximate surface area is 103 Å². The molecule has 0 amide bonds. The van der Waals surface area contributed by atoms with Crippen molar-refractivity contribution < 1.29 is 14.3 Å². The summed E-state index contributed by atoms with van der Waals surface area (Å²) < 4.78 is 11.4. The highest BCUT2D eigenvalue weighted by Crippen LogP contribution is 2.32. The van der Waals surface area contributed by atoms with E-state index in [2.05, 4.69) is 20.7 Å². The van der Waals surface area contributed by atoms with E-state index in [1.165, 1.54) is 7.11 Å². The van der Waals surface area contributed by atoms with Crippen molar-refractivity contribution in [1.82, 2.24) is 0 Å². The van der Waals surface area contributed by atoms with Crippen molar-refractivity contribution in [2.75, 3.05) is 7.11 Å². The Balaban J connectivity index is 1.84. The van der Waals surface area contributed by atoms with Gasteiger partial charge in [0, 0.05) is 4.47 Å². The number of halogens is 1. The quantitative estimate of drug-likeness (QED) is 0.801. The third kappa shape index (κ3) is 2.55. The van der Waals surface area contributed by atoms with Gasteiger partial charge in [0.05, 0.1) is 13.0 Å².